The van der Waals surface area contributed by atoms with E-state index >= 15 is 0 Å². The highest BCUT2D eigenvalue weighted by Crippen LogP contribution is 2.28. The van der Waals surface area contributed by atoms with Crippen LogP contribution in [0.2, 0.25) is 0 Å². The molecule has 1 atom stereocenters. The normalized spacial score (nSPS) is 16.8. The molecule has 0 unspecified atom stereocenters. The van der Waals surface area contributed by atoms with Crippen LogP contribution in [0.3, 0.4) is 0 Å². The monoisotopic (exact) mass is 442 g/mol. The van der Waals surface area contributed by atoms with E-state index in [1.807, 2.05) is 37.5 Å². The first-order chi connectivity index (χ1) is 16.1. The Kier molecular flexibility index (Phi) is 6.11. The summed E-state index contributed by atoms with van der Waals surface area (Å²) in [4.78, 5) is 23.5. The van der Waals surface area contributed by atoms with Crippen LogP contribution >= 0.6 is 0 Å². The van der Waals surface area contributed by atoms with Gasteiger partial charge in [0.05, 0.1) is 18.0 Å². The molecule has 170 valence electrons. The van der Waals surface area contributed by atoms with Crippen LogP contribution in [0.5, 0.6) is 0 Å². The molecule has 0 aliphatic carbocycles. The van der Waals surface area contributed by atoms with Crippen molar-refractivity contribution in [2.24, 2.45) is 0 Å². The highest BCUT2D eigenvalue weighted by atomic mass is 16.3. The van der Waals surface area contributed by atoms with E-state index in [9.17, 15) is 9.90 Å². The molecule has 0 radical (unpaired) electrons. The number of benzene rings is 2. The lowest BCUT2D eigenvalue weighted by Gasteiger charge is -2.34. The number of aliphatic hydroxyl groups is 1. The largest absolute Gasteiger partial charge is 0.390 e. The van der Waals surface area contributed by atoms with Gasteiger partial charge in [0.1, 0.15) is 0 Å². The van der Waals surface area contributed by atoms with Crippen molar-refractivity contribution < 1.29 is 9.90 Å². The summed E-state index contributed by atoms with van der Waals surface area (Å²) < 4.78 is 0. The van der Waals surface area contributed by atoms with E-state index in [0.717, 1.165) is 48.4 Å². The summed E-state index contributed by atoms with van der Waals surface area (Å²) in [5.74, 6) is 0.00914. The van der Waals surface area contributed by atoms with Gasteiger partial charge in [0.15, 0.2) is 0 Å². The predicted molar refractivity (Wildman–Crippen MR) is 130 cm³/mol. The Hall–Kier alpha value is -3.22. The molecule has 1 aromatic heterocycles. The molecule has 5 rings (SSSR count). The second kappa shape index (κ2) is 9.33. The van der Waals surface area contributed by atoms with Gasteiger partial charge in [-0.1, -0.05) is 24.3 Å². The van der Waals surface area contributed by atoms with E-state index in [-0.39, 0.29) is 5.91 Å². The number of aliphatic hydroxyl groups excluding tert-OH is 1. The third kappa shape index (κ3) is 4.63. The molecule has 6 heteroatoms. The quantitative estimate of drug-likeness (QED) is 0.635. The number of pyridine rings is 1. The van der Waals surface area contributed by atoms with Crippen molar-refractivity contribution in [2.75, 3.05) is 38.1 Å². The van der Waals surface area contributed by atoms with Gasteiger partial charge in [-0.05, 0) is 59.9 Å². The van der Waals surface area contributed by atoms with Crippen LogP contribution in [0, 0.1) is 0 Å². The van der Waals surface area contributed by atoms with Gasteiger partial charge in [-0.3, -0.25) is 14.7 Å². The molecular formula is C27H30N4O2. The first kappa shape index (κ1) is 21.6. The minimum Gasteiger partial charge on any atom is -0.390 e. The van der Waals surface area contributed by atoms with Gasteiger partial charge < -0.3 is 14.9 Å². The fraction of sp³-hybridized carbons (Fsp3) is 0.333. The number of nitrogens with zero attached hydrogens (tertiary/aromatic N) is 4. The summed E-state index contributed by atoms with van der Waals surface area (Å²) in [6.45, 7) is 3.38. The maximum atomic E-state index is 13.1. The van der Waals surface area contributed by atoms with Gasteiger partial charge in [-0.2, -0.15) is 0 Å². The van der Waals surface area contributed by atoms with E-state index in [4.69, 9.17) is 0 Å². The van der Waals surface area contributed by atoms with Crippen LogP contribution in [0.1, 0.15) is 27.0 Å². The van der Waals surface area contributed by atoms with Gasteiger partial charge in [-0.15, -0.1) is 0 Å². The minimum atomic E-state index is -0.559. The number of carbonyl (C=O) groups is 1. The molecule has 0 bridgehead atoms. The number of fused-ring (bicyclic) bond motifs is 2. The molecule has 0 saturated carbocycles. The summed E-state index contributed by atoms with van der Waals surface area (Å²) in [6.07, 6.45) is 4.83. The predicted octanol–water partition coefficient (Wildman–Crippen LogP) is 3.27. The summed E-state index contributed by atoms with van der Waals surface area (Å²) in [5.41, 5.74) is 6.58. The molecule has 0 fully saturated rings. The second-order valence-corrected chi connectivity index (χ2v) is 9.02. The lowest BCUT2D eigenvalue weighted by atomic mass is 9.97. The lowest BCUT2D eigenvalue weighted by Crippen LogP contribution is -2.46. The molecule has 0 spiro atoms. The average molecular weight is 443 g/mol. The van der Waals surface area contributed by atoms with Gasteiger partial charge in [0.2, 0.25) is 0 Å². The summed E-state index contributed by atoms with van der Waals surface area (Å²) >= 11 is 0. The van der Waals surface area contributed by atoms with E-state index < -0.39 is 6.10 Å². The number of β-amino-alcohol motifs (C(OH)–C–C–N with tert-alkyl or cyclic N) is 1. The number of carbonyl (C=O) groups excluding carboxylic acids is 1. The molecule has 0 saturated heterocycles. The number of anilines is 2. The Morgan fingerprint density at radius 1 is 0.970 bits per heavy atom. The van der Waals surface area contributed by atoms with Crippen molar-refractivity contribution in [1.82, 2.24) is 14.8 Å². The third-order valence-corrected chi connectivity index (χ3v) is 6.79. The van der Waals surface area contributed by atoms with Gasteiger partial charge in [0, 0.05) is 57.2 Å². The summed E-state index contributed by atoms with van der Waals surface area (Å²) in [6, 6.07) is 18.4. The van der Waals surface area contributed by atoms with Crippen molar-refractivity contribution in [3.05, 3.63) is 89.2 Å². The molecule has 2 aliphatic heterocycles. The topological polar surface area (TPSA) is 59.9 Å². The Morgan fingerprint density at radius 3 is 2.61 bits per heavy atom. The zero-order chi connectivity index (χ0) is 22.8. The Bertz CT molecular complexity index is 1130. The summed E-state index contributed by atoms with van der Waals surface area (Å²) in [5, 5.41) is 10.8. The maximum Gasteiger partial charge on any atom is 0.254 e. The number of rotatable bonds is 6. The number of aromatic nitrogens is 1. The minimum absolute atomic E-state index is 0.00914. The van der Waals surface area contributed by atoms with Crippen molar-refractivity contribution >= 4 is 17.3 Å². The zero-order valence-electron chi connectivity index (χ0n) is 19.0. The van der Waals surface area contributed by atoms with Crippen molar-refractivity contribution in [1.29, 1.82) is 0 Å². The van der Waals surface area contributed by atoms with E-state index in [1.165, 1.54) is 11.1 Å². The molecule has 1 N–H and O–H groups in total. The van der Waals surface area contributed by atoms with E-state index in [0.29, 0.717) is 19.6 Å². The molecular weight excluding hydrogens is 412 g/mol. The maximum absolute atomic E-state index is 13.1. The Morgan fingerprint density at radius 2 is 1.79 bits per heavy atom. The Balaban J connectivity index is 1.21. The van der Waals surface area contributed by atoms with Crippen LogP contribution in [-0.4, -0.2) is 65.1 Å². The first-order valence-electron chi connectivity index (χ1n) is 11.6. The number of hydrogen-bond acceptors (Lipinski definition) is 5. The van der Waals surface area contributed by atoms with Crippen molar-refractivity contribution in [3.63, 3.8) is 0 Å². The van der Waals surface area contributed by atoms with Gasteiger partial charge in [-0.25, -0.2) is 0 Å². The summed E-state index contributed by atoms with van der Waals surface area (Å²) in [7, 11) is 2.01. The van der Waals surface area contributed by atoms with Crippen LogP contribution in [0.25, 0.3) is 0 Å². The highest BCUT2D eigenvalue weighted by Gasteiger charge is 2.27. The molecule has 33 heavy (non-hydrogen) atoms. The van der Waals surface area contributed by atoms with Gasteiger partial charge >= 0.3 is 0 Å². The van der Waals surface area contributed by atoms with E-state index in [2.05, 4.69) is 45.1 Å². The SMILES string of the molecule is CN(c1cccnc1)c1ccc2c(c1)CCN(C[C@H](O)CN1CCc3ccccc3C1)C2=O. The third-order valence-electron chi connectivity index (χ3n) is 6.79. The molecule has 3 heterocycles. The second-order valence-electron chi connectivity index (χ2n) is 9.02. The highest BCUT2D eigenvalue weighted by molar-refractivity contribution is 5.97. The van der Waals surface area contributed by atoms with E-state index in [1.54, 1.807) is 11.1 Å². The molecule has 6 nitrogen and oxygen atoms in total. The average Bonchev–Trinajstić information content (AvgIpc) is 2.85. The van der Waals surface area contributed by atoms with Gasteiger partial charge in [0.25, 0.3) is 5.91 Å². The lowest BCUT2D eigenvalue weighted by molar-refractivity contribution is 0.0493. The fourth-order valence-corrected chi connectivity index (χ4v) is 4.93. The molecule has 2 aromatic carbocycles. The first-order valence-corrected chi connectivity index (χ1v) is 11.6. The van der Waals surface area contributed by atoms with Crippen LogP contribution in [-0.2, 0) is 19.4 Å². The zero-order valence-corrected chi connectivity index (χ0v) is 19.0. The van der Waals surface area contributed by atoms with Crippen LogP contribution in [0.15, 0.2) is 67.0 Å². The van der Waals surface area contributed by atoms with Crippen molar-refractivity contribution in [3.8, 4) is 0 Å². The smallest absolute Gasteiger partial charge is 0.254 e. The Labute approximate surface area is 195 Å². The van der Waals surface area contributed by atoms with Crippen LogP contribution < -0.4 is 4.90 Å². The number of amides is 1. The standard InChI is InChI=1S/C27H30N4O2/c1-29(24-7-4-12-28-16-24)23-8-9-26-21(15-23)11-14-31(27(26)33)19-25(32)18-30-13-10-20-5-2-3-6-22(20)17-30/h2-9,12,15-16,25,32H,10-11,13-14,17-19H2,1H3/t25-/m1/s1. The molecule has 2 aliphatic rings. The molecule has 3 aromatic rings. The fourth-order valence-electron chi connectivity index (χ4n) is 4.93. The number of hydrogen-bond donors (Lipinski definition) is 1. The van der Waals surface area contributed by atoms with Crippen LogP contribution in [0.4, 0.5) is 11.4 Å². The van der Waals surface area contributed by atoms with Crippen molar-refractivity contribution in [2.45, 2.75) is 25.5 Å². The molecule has 1 amide bonds.